The minimum Gasteiger partial charge on any atom is -0.465 e. The molecule has 0 aliphatic carbocycles. The van der Waals surface area contributed by atoms with Crippen LogP contribution < -0.4 is 5.32 Å². The predicted molar refractivity (Wildman–Crippen MR) is 205 cm³/mol. The summed E-state index contributed by atoms with van der Waals surface area (Å²) in [6, 6.07) is 15.6. The van der Waals surface area contributed by atoms with Crippen LogP contribution in [0, 0.1) is 5.92 Å². The molecule has 2 aromatic carbocycles. The van der Waals surface area contributed by atoms with E-state index in [-0.39, 0.29) is 35.9 Å². The topological polar surface area (TPSA) is 160 Å². The Balaban J connectivity index is 0.984. The van der Waals surface area contributed by atoms with Crippen LogP contribution in [0.2, 0.25) is 0 Å². The highest BCUT2D eigenvalue weighted by Gasteiger charge is 2.40. The summed E-state index contributed by atoms with van der Waals surface area (Å²) in [5, 5.41) is 13.1. The van der Waals surface area contributed by atoms with Crippen molar-refractivity contribution in [3.63, 3.8) is 0 Å². The third-order valence-corrected chi connectivity index (χ3v) is 11.3. The number of H-pyrrole nitrogens is 2. The van der Waals surface area contributed by atoms with Crippen molar-refractivity contribution in [1.29, 1.82) is 0 Å². The first-order valence-corrected chi connectivity index (χ1v) is 19.3. The molecule has 3 saturated heterocycles. The lowest BCUT2D eigenvalue weighted by Crippen LogP contribution is -2.51. The lowest BCUT2D eigenvalue weighted by molar-refractivity contribution is -0.138. The van der Waals surface area contributed by atoms with Crippen LogP contribution in [-0.4, -0.2) is 109 Å². The number of carboxylic acid groups (broad SMARTS) is 1. The molecule has 7 rings (SSSR count). The van der Waals surface area contributed by atoms with Crippen LogP contribution in [0.15, 0.2) is 60.9 Å². The van der Waals surface area contributed by atoms with E-state index in [9.17, 15) is 19.5 Å². The molecule has 4 N–H and O–H groups in total. The molecule has 0 unspecified atom stereocenters. The van der Waals surface area contributed by atoms with Gasteiger partial charge in [0.15, 0.2) is 0 Å². The number of amides is 3. The van der Waals surface area contributed by atoms with Gasteiger partial charge in [-0.15, -0.1) is 0 Å². The van der Waals surface area contributed by atoms with Gasteiger partial charge in [0.05, 0.1) is 29.5 Å². The summed E-state index contributed by atoms with van der Waals surface area (Å²) in [6.07, 6.45) is 7.99. The fourth-order valence-electron chi connectivity index (χ4n) is 8.33. The first-order valence-electron chi connectivity index (χ1n) is 19.3. The average Bonchev–Trinajstić information content (AvgIpc) is 4.02. The van der Waals surface area contributed by atoms with Crippen molar-refractivity contribution in [2.45, 2.75) is 89.5 Å². The number of ether oxygens (including phenoxy) is 1. The molecule has 3 fully saturated rings. The van der Waals surface area contributed by atoms with Gasteiger partial charge in [-0.1, -0.05) is 62.4 Å². The molecule has 0 bridgehead atoms. The Hall–Kier alpha value is -5.01. The van der Waals surface area contributed by atoms with E-state index < -0.39 is 12.1 Å². The molecule has 54 heavy (non-hydrogen) atoms. The number of imidazole rings is 2. The van der Waals surface area contributed by atoms with Crippen LogP contribution in [0.4, 0.5) is 4.79 Å². The normalized spacial score (nSPS) is 20.4. The van der Waals surface area contributed by atoms with E-state index in [1.54, 1.807) is 4.90 Å². The lowest BCUT2D eigenvalue weighted by Gasteiger charge is -2.33. The van der Waals surface area contributed by atoms with Gasteiger partial charge in [0.1, 0.15) is 17.7 Å². The number of nitrogens with one attached hydrogen (secondary N) is 3. The van der Waals surface area contributed by atoms with Gasteiger partial charge in [-0.3, -0.25) is 14.5 Å². The molecule has 3 amide bonds. The maximum absolute atomic E-state index is 13.6. The largest absolute Gasteiger partial charge is 0.465 e. The molecule has 5 heterocycles. The van der Waals surface area contributed by atoms with E-state index in [4.69, 9.17) is 14.7 Å². The van der Waals surface area contributed by atoms with Crippen LogP contribution in [0.3, 0.4) is 0 Å². The van der Waals surface area contributed by atoms with Crippen molar-refractivity contribution >= 4 is 17.9 Å². The second kappa shape index (κ2) is 16.2. The first kappa shape index (κ1) is 37.3. The summed E-state index contributed by atoms with van der Waals surface area (Å²) in [6.45, 7) is 8.49. The summed E-state index contributed by atoms with van der Waals surface area (Å²) in [5.74, 6) is 1.32. The molecular formula is C41H52N8O5. The molecule has 0 radical (unpaired) electrons. The molecule has 4 atom stereocenters. The number of likely N-dealkylation sites (N-methyl/N-ethyl adjacent to an activating group) is 1. The molecule has 286 valence electrons. The van der Waals surface area contributed by atoms with Crippen molar-refractivity contribution in [3.05, 3.63) is 72.6 Å². The van der Waals surface area contributed by atoms with E-state index in [2.05, 4.69) is 51.7 Å². The molecule has 3 aliphatic rings. The number of rotatable bonds is 11. The van der Waals surface area contributed by atoms with Gasteiger partial charge < -0.3 is 34.9 Å². The highest BCUT2D eigenvalue weighted by molar-refractivity contribution is 5.86. The van der Waals surface area contributed by atoms with E-state index in [1.807, 2.05) is 50.2 Å². The van der Waals surface area contributed by atoms with E-state index in [0.717, 1.165) is 103 Å². The number of nitrogens with zero attached hydrogens (tertiary/aromatic N) is 5. The van der Waals surface area contributed by atoms with Gasteiger partial charge in [-0.05, 0) is 62.5 Å². The van der Waals surface area contributed by atoms with Gasteiger partial charge in [0, 0.05) is 62.9 Å². The SMILES string of the molecule is CC(C)[C@@H](C(=O)N1CCC[C@H]1c1nc(-c2ccc(-c3ccc(-c4c[nH]c([C@@H]5CCCN5C(=O)[C@H](C)NC5CCOCC5)n4)cc3)cc2)c[nH]1)N(C)C(=O)O. The van der Waals surface area contributed by atoms with Gasteiger partial charge in [0.25, 0.3) is 0 Å². The Morgan fingerprint density at radius 1 is 0.759 bits per heavy atom. The smallest absolute Gasteiger partial charge is 0.407 e. The zero-order valence-electron chi connectivity index (χ0n) is 31.6. The summed E-state index contributed by atoms with van der Waals surface area (Å²) in [5.41, 5.74) is 5.75. The van der Waals surface area contributed by atoms with Crippen LogP contribution >= 0.6 is 0 Å². The predicted octanol–water partition coefficient (Wildman–Crippen LogP) is 6.25. The first-order chi connectivity index (χ1) is 26.1. The zero-order valence-corrected chi connectivity index (χ0v) is 31.6. The number of hydrogen-bond donors (Lipinski definition) is 4. The number of hydrogen-bond acceptors (Lipinski definition) is 7. The minimum absolute atomic E-state index is 0.0590. The number of likely N-dealkylation sites (tertiary alicyclic amines) is 2. The number of carbonyl (C=O) groups is 3. The fraction of sp³-hybridized carbons (Fsp3) is 0.488. The second-order valence-corrected chi connectivity index (χ2v) is 15.2. The maximum atomic E-state index is 13.6. The molecule has 13 nitrogen and oxygen atoms in total. The zero-order chi connectivity index (χ0) is 37.9. The van der Waals surface area contributed by atoms with Crippen molar-refractivity contribution in [3.8, 4) is 33.6 Å². The third kappa shape index (κ3) is 7.78. The molecular weight excluding hydrogens is 685 g/mol. The Kier molecular flexibility index (Phi) is 11.2. The number of benzene rings is 2. The second-order valence-electron chi connectivity index (χ2n) is 15.2. The molecule has 4 aromatic rings. The quantitative estimate of drug-likeness (QED) is 0.141. The van der Waals surface area contributed by atoms with Crippen molar-refractivity contribution in [1.82, 2.24) is 40.0 Å². The van der Waals surface area contributed by atoms with Crippen molar-refractivity contribution in [2.75, 3.05) is 33.4 Å². The third-order valence-electron chi connectivity index (χ3n) is 11.3. The highest BCUT2D eigenvalue weighted by Crippen LogP contribution is 2.35. The standard InChI is InChI=1S/C41H52N8O5/c1-25(2)36(47(4)41(52)53)40(51)49-20-6-8-35(49)38-43-24-33(46-38)30-15-11-28(12-16-30)27-9-13-29(14-10-27)32-23-42-37(45-32)34-7-5-19-48(34)39(50)26(3)44-31-17-21-54-22-18-31/h9-16,23-26,31,34-36,44H,5-8,17-22H2,1-4H3,(H,42,45)(H,43,46)(H,52,53)/t26-,34-,35-,36-/m0/s1. The van der Waals surface area contributed by atoms with Gasteiger partial charge in [0.2, 0.25) is 11.8 Å². The Morgan fingerprint density at radius 3 is 1.69 bits per heavy atom. The Bertz CT molecular complexity index is 1920. The maximum Gasteiger partial charge on any atom is 0.407 e. The minimum atomic E-state index is -1.12. The van der Waals surface area contributed by atoms with Crippen LogP contribution in [-0.2, 0) is 14.3 Å². The van der Waals surface area contributed by atoms with E-state index in [0.29, 0.717) is 18.4 Å². The average molecular weight is 737 g/mol. The molecule has 2 aromatic heterocycles. The summed E-state index contributed by atoms with van der Waals surface area (Å²) < 4.78 is 5.47. The highest BCUT2D eigenvalue weighted by atomic mass is 16.5. The summed E-state index contributed by atoms with van der Waals surface area (Å²) in [7, 11) is 1.46. The number of aromatic nitrogens is 4. The van der Waals surface area contributed by atoms with Crippen molar-refractivity contribution < 1.29 is 24.2 Å². The van der Waals surface area contributed by atoms with Gasteiger partial charge >= 0.3 is 6.09 Å². The molecule has 3 aliphatic heterocycles. The summed E-state index contributed by atoms with van der Waals surface area (Å²) >= 11 is 0. The van der Waals surface area contributed by atoms with Crippen molar-refractivity contribution in [2.24, 2.45) is 5.92 Å². The molecule has 0 spiro atoms. The van der Waals surface area contributed by atoms with E-state index in [1.165, 1.54) is 7.05 Å². The van der Waals surface area contributed by atoms with E-state index >= 15 is 0 Å². The Labute approximate surface area is 316 Å². The number of aromatic amines is 2. The molecule has 0 saturated carbocycles. The van der Waals surface area contributed by atoms with Gasteiger partial charge in [-0.2, -0.15) is 0 Å². The Morgan fingerprint density at radius 2 is 1.22 bits per heavy atom. The van der Waals surface area contributed by atoms with Gasteiger partial charge in [-0.25, -0.2) is 14.8 Å². The van der Waals surface area contributed by atoms with Crippen LogP contribution in [0.25, 0.3) is 33.6 Å². The fourth-order valence-corrected chi connectivity index (χ4v) is 8.33. The van der Waals surface area contributed by atoms with Crippen LogP contribution in [0.1, 0.15) is 83.0 Å². The molecule has 13 heteroatoms. The number of carbonyl (C=O) groups excluding carboxylic acids is 2. The van der Waals surface area contributed by atoms with Crippen LogP contribution in [0.5, 0.6) is 0 Å². The lowest BCUT2D eigenvalue weighted by atomic mass is 10.0. The summed E-state index contributed by atoms with van der Waals surface area (Å²) in [4.78, 5) is 60.1. The monoisotopic (exact) mass is 736 g/mol.